The van der Waals surface area contributed by atoms with Gasteiger partial charge in [-0.3, -0.25) is 5.32 Å². The Morgan fingerprint density at radius 2 is 1.86 bits per heavy atom. The molecule has 1 aromatic rings. The van der Waals surface area contributed by atoms with Crippen molar-refractivity contribution >= 4 is 11.6 Å². The van der Waals surface area contributed by atoms with Crippen LogP contribution in [0.3, 0.4) is 0 Å². The second-order valence-electron chi connectivity index (χ2n) is 3.29. The Kier molecular flexibility index (Phi) is 3.94. The monoisotopic (exact) mass is 208 g/mol. The van der Waals surface area contributed by atoms with Gasteiger partial charge in [0, 0.05) is 11.1 Å². The zero-order chi connectivity index (χ0) is 10.6. The Labute approximate surface area is 89.5 Å². The number of hydrogen-bond acceptors (Lipinski definition) is 2. The van der Waals surface area contributed by atoms with E-state index in [1.807, 2.05) is 38.1 Å². The average Bonchev–Trinajstić information content (AvgIpc) is 2.18. The molecule has 74 valence electrons. The maximum atomic E-state index is 8.64. The molecule has 0 amide bonds. The molecule has 0 aromatic heterocycles. The molecule has 0 aliphatic carbocycles. The molecule has 2 atom stereocenters. The normalized spacial score (nSPS) is 14.4. The first-order chi connectivity index (χ1) is 6.63. The molecule has 2 nitrogen and oxygen atoms in total. The molecule has 14 heavy (non-hydrogen) atoms. The highest BCUT2D eigenvalue weighted by Crippen LogP contribution is 2.16. The Morgan fingerprint density at radius 3 is 2.36 bits per heavy atom. The standard InChI is InChI=1S/C11H13ClN2/c1-8(7-13)14-9(2)10-3-5-11(12)6-4-10/h3-6,8-9,14H,1-2H3. The number of nitriles is 1. The van der Waals surface area contributed by atoms with Gasteiger partial charge in [-0.1, -0.05) is 23.7 Å². The van der Waals surface area contributed by atoms with Crippen molar-refractivity contribution in [3.05, 3.63) is 34.9 Å². The van der Waals surface area contributed by atoms with Gasteiger partial charge in [-0.05, 0) is 31.5 Å². The van der Waals surface area contributed by atoms with Crippen molar-refractivity contribution in [2.45, 2.75) is 25.9 Å². The van der Waals surface area contributed by atoms with Crippen LogP contribution >= 0.6 is 11.6 Å². The highest BCUT2D eigenvalue weighted by molar-refractivity contribution is 6.30. The smallest absolute Gasteiger partial charge is 0.0929 e. The van der Waals surface area contributed by atoms with Gasteiger partial charge in [-0.2, -0.15) is 5.26 Å². The van der Waals surface area contributed by atoms with Crippen molar-refractivity contribution in [1.82, 2.24) is 5.32 Å². The van der Waals surface area contributed by atoms with E-state index < -0.39 is 0 Å². The summed E-state index contributed by atoms with van der Waals surface area (Å²) in [7, 11) is 0. The van der Waals surface area contributed by atoms with Gasteiger partial charge in [0.2, 0.25) is 0 Å². The fraction of sp³-hybridized carbons (Fsp3) is 0.364. The van der Waals surface area contributed by atoms with E-state index in [1.165, 1.54) is 0 Å². The third kappa shape index (κ3) is 3.02. The van der Waals surface area contributed by atoms with Crippen LogP contribution in [0.1, 0.15) is 25.5 Å². The summed E-state index contributed by atoms with van der Waals surface area (Å²) in [6.07, 6.45) is 0. The van der Waals surface area contributed by atoms with Crippen LogP contribution in [0.2, 0.25) is 5.02 Å². The van der Waals surface area contributed by atoms with Crippen molar-refractivity contribution in [2.24, 2.45) is 0 Å². The van der Waals surface area contributed by atoms with Crippen LogP contribution in [-0.2, 0) is 0 Å². The van der Waals surface area contributed by atoms with E-state index in [-0.39, 0.29) is 12.1 Å². The molecule has 3 heteroatoms. The van der Waals surface area contributed by atoms with E-state index in [0.717, 1.165) is 10.6 Å². The number of hydrogen-bond donors (Lipinski definition) is 1. The van der Waals surface area contributed by atoms with Crippen molar-refractivity contribution < 1.29 is 0 Å². The minimum absolute atomic E-state index is 0.138. The molecular formula is C11H13ClN2. The predicted molar refractivity (Wildman–Crippen MR) is 58.1 cm³/mol. The summed E-state index contributed by atoms with van der Waals surface area (Å²) in [5, 5.41) is 12.5. The van der Waals surface area contributed by atoms with Gasteiger partial charge in [0.05, 0.1) is 12.1 Å². The summed E-state index contributed by atoms with van der Waals surface area (Å²) in [5.74, 6) is 0. The van der Waals surface area contributed by atoms with Crippen LogP contribution in [-0.4, -0.2) is 6.04 Å². The highest BCUT2D eigenvalue weighted by Gasteiger charge is 2.07. The number of benzene rings is 1. The van der Waals surface area contributed by atoms with Gasteiger partial charge in [0.1, 0.15) is 0 Å². The molecule has 0 heterocycles. The Bertz CT molecular complexity index is 326. The van der Waals surface area contributed by atoms with Gasteiger partial charge in [-0.25, -0.2) is 0 Å². The second kappa shape index (κ2) is 4.99. The van der Waals surface area contributed by atoms with E-state index in [0.29, 0.717) is 0 Å². The van der Waals surface area contributed by atoms with Gasteiger partial charge in [0.15, 0.2) is 0 Å². The predicted octanol–water partition coefficient (Wildman–Crippen LogP) is 2.90. The fourth-order valence-corrected chi connectivity index (χ4v) is 1.39. The number of rotatable bonds is 3. The van der Waals surface area contributed by atoms with Crippen LogP contribution in [0.15, 0.2) is 24.3 Å². The second-order valence-corrected chi connectivity index (χ2v) is 3.73. The van der Waals surface area contributed by atoms with Gasteiger partial charge >= 0.3 is 0 Å². The molecule has 0 fully saturated rings. The summed E-state index contributed by atoms with van der Waals surface area (Å²) in [6, 6.07) is 9.80. The van der Waals surface area contributed by atoms with E-state index in [4.69, 9.17) is 16.9 Å². The maximum absolute atomic E-state index is 8.64. The van der Waals surface area contributed by atoms with Crippen LogP contribution in [0, 0.1) is 11.3 Å². The van der Waals surface area contributed by atoms with Gasteiger partial charge in [0.25, 0.3) is 0 Å². The first kappa shape index (κ1) is 11.0. The zero-order valence-corrected chi connectivity index (χ0v) is 9.05. The molecule has 2 unspecified atom stereocenters. The molecule has 0 saturated carbocycles. The number of nitrogens with zero attached hydrogens (tertiary/aromatic N) is 1. The van der Waals surface area contributed by atoms with Gasteiger partial charge in [-0.15, -0.1) is 0 Å². The first-order valence-corrected chi connectivity index (χ1v) is 4.92. The van der Waals surface area contributed by atoms with Crippen LogP contribution in [0.25, 0.3) is 0 Å². The fourth-order valence-electron chi connectivity index (χ4n) is 1.26. The lowest BCUT2D eigenvalue weighted by Crippen LogP contribution is -2.27. The largest absolute Gasteiger partial charge is 0.296 e. The lowest BCUT2D eigenvalue weighted by Gasteiger charge is -2.15. The summed E-state index contributed by atoms with van der Waals surface area (Å²) < 4.78 is 0. The summed E-state index contributed by atoms with van der Waals surface area (Å²) in [5.41, 5.74) is 1.14. The Morgan fingerprint density at radius 1 is 1.29 bits per heavy atom. The zero-order valence-electron chi connectivity index (χ0n) is 8.29. The molecule has 0 saturated heterocycles. The lowest BCUT2D eigenvalue weighted by atomic mass is 10.1. The van der Waals surface area contributed by atoms with Crippen LogP contribution in [0.5, 0.6) is 0 Å². The van der Waals surface area contributed by atoms with E-state index in [2.05, 4.69) is 11.4 Å². The third-order valence-corrected chi connectivity index (χ3v) is 2.32. The summed E-state index contributed by atoms with van der Waals surface area (Å²) >= 11 is 5.78. The van der Waals surface area contributed by atoms with E-state index in [1.54, 1.807) is 0 Å². The number of nitrogens with one attached hydrogen (secondary N) is 1. The SMILES string of the molecule is CC(C#N)NC(C)c1ccc(Cl)cc1. The Balaban J connectivity index is 2.66. The first-order valence-electron chi connectivity index (χ1n) is 4.54. The van der Waals surface area contributed by atoms with Crippen LogP contribution in [0.4, 0.5) is 0 Å². The summed E-state index contributed by atoms with van der Waals surface area (Å²) in [6.45, 7) is 3.86. The van der Waals surface area contributed by atoms with E-state index >= 15 is 0 Å². The maximum Gasteiger partial charge on any atom is 0.0929 e. The van der Waals surface area contributed by atoms with Crippen molar-refractivity contribution in [1.29, 1.82) is 5.26 Å². The molecule has 0 bridgehead atoms. The van der Waals surface area contributed by atoms with E-state index in [9.17, 15) is 0 Å². The van der Waals surface area contributed by atoms with Gasteiger partial charge < -0.3 is 0 Å². The highest BCUT2D eigenvalue weighted by atomic mass is 35.5. The molecule has 1 N–H and O–H groups in total. The molecule has 1 aromatic carbocycles. The van der Waals surface area contributed by atoms with Crippen molar-refractivity contribution in [3.8, 4) is 6.07 Å². The topological polar surface area (TPSA) is 35.8 Å². The molecule has 0 spiro atoms. The van der Waals surface area contributed by atoms with Crippen LogP contribution < -0.4 is 5.32 Å². The molecule has 1 rings (SSSR count). The Hall–Kier alpha value is -1.04. The quantitative estimate of drug-likeness (QED) is 0.829. The average molecular weight is 209 g/mol. The summed E-state index contributed by atoms with van der Waals surface area (Å²) in [4.78, 5) is 0. The van der Waals surface area contributed by atoms with Crippen molar-refractivity contribution in [2.75, 3.05) is 0 Å². The molecule has 0 aliphatic rings. The van der Waals surface area contributed by atoms with Crippen molar-refractivity contribution in [3.63, 3.8) is 0 Å². The molecule has 0 aliphatic heterocycles. The number of halogens is 1. The molecular weight excluding hydrogens is 196 g/mol. The molecule has 0 radical (unpaired) electrons. The third-order valence-electron chi connectivity index (χ3n) is 2.06. The minimum Gasteiger partial charge on any atom is -0.296 e. The lowest BCUT2D eigenvalue weighted by molar-refractivity contribution is 0.543. The minimum atomic E-state index is -0.138.